The van der Waals surface area contributed by atoms with Gasteiger partial charge >= 0.3 is 0 Å². The minimum Gasteiger partial charge on any atom is -0.354 e. The van der Waals surface area contributed by atoms with Crippen molar-refractivity contribution < 1.29 is 9.59 Å². The third-order valence-electron chi connectivity index (χ3n) is 5.37. The topological polar surface area (TPSA) is 87.5 Å². The van der Waals surface area contributed by atoms with E-state index in [-0.39, 0.29) is 24.4 Å². The number of hydrogen-bond acceptors (Lipinski definition) is 4. The fourth-order valence-electron chi connectivity index (χ4n) is 3.62. The molecule has 2 amide bonds. The van der Waals surface area contributed by atoms with Crippen molar-refractivity contribution in [3.63, 3.8) is 0 Å². The monoisotopic (exact) mass is 386 g/mol. The predicted molar refractivity (Wildman–Crippen MR) is 111 cm³/mol. The molecule has 0 aromatic rings. The Balaban J connectivity index is 2.41. The average Bonchev–Trinajstić information content (AvgIpc) is 3.09. The molecule has 0 radical (unpaired) electrons. The van der Waals surface area contributed by atoms with Gasteiger partial charge in [-0.1, -0.05) is 20.8 Å². The van der Waals surface area contributed by atoms with E-state index in [1.165, 1.54) is 12.6 Å². The van der Waals surface area contributed by atoms with E-state index in [9.17, 15) is 9.59 Å². The van der Waals surface area contributed by atoms with E-state index in [1.54, 1.807) is 4.90 Å². The van der Waals surface area contributed by atoms with Gasteiger partial charge in [-0.05, 0) is 49.8 Å². The summed E-state index contributed by atoms with van der Waals surface area (Å²) < 4.78 is 0. The zero-order valence-electron chi connectivity index (χ0n) is 17.0. The molecule has 7 heteroatoms. The highest BCUT2D eigenvalue weighted by atomic mass is 31.1. The van der Waals surface area contributed by atoms with Gasteiger partial charge in [0, 0.05) is 26.2 Å². The molecule has 6 nitrogen and oxygen atoms in total. The van der Waals surface area contributed by atoms with Crippen LogP contribution < -0.4 is 16.4 Å². The third-order valence-corrected chi connectivity index (χ3v) is 6.47. The highest BCUT2D eigenvalue weighted by molar-refractivity contribution is 7.36. The molecule has 1 aliphatic rings. The van der Waals surface area contributed by atoms with Gasteiger partial charge in [0.15, 0.2) is 0 Å². The van der Waals surface area contributed by atoms with Crippen molar-refractivity contribution in [2.75, 3.05) is 45.6 Å². The summed E-state index contributed by atoms with van der Waals surface area (Å²) in [6.45, 7) is 11.8. The Bertz CT molecular complexity index is 436. The maximum Gasteiger partial charge on any atom is 0.242 e. The second-order valence-corrected chi connectivity index (χ2v) is 8.92. The van der Waals surface area contributed by atoms with Gasteiger partial charge in [0.2, 0.25) is 11.8 Å². The van der Waals surface area contributed by atoms with Crippen LogP contribution in [0.3, 0.4) is 0 Å². The number of nitrogens with zero attached hydrogens (tertiary/aromatic N) is 1. The minimum atomic E-state index is -0.315. The first-order valence-electron chi connectivity index (χ1n) is 10.0. The van der Waals surface area contributed by atoms with Crippen molar-refractivity contribution in [2.24, 2.45) is 23.5 Å². The van der Waals surface area contributed by atoms with E-state index in [1.807, 2.05) is 0 Å². The van der Waals surface area contributed by atoms with Gasteiger partial charge in [0.25, 0.3) is 0 Å². The highest BCUT2D eigenvalue weighted by Crippen LogP contribution is 2.23. The van der Waals surface area contributed by atoms with Crippen molar-refractivity contribution in [1.82, 2.24) is 15.5 Å². The van der Waals surface area contributed by atoms with Crippen molar-refractivity contribution >= 4 is 20.4 Å². The molecule has 1 fully saturated rings. The van der Waals surface area contributed by atoms with Gasteiger partial charge in [0.1, 0.15) is 6.04 Å². The van der Waals surface area contributed by atoms with E-state index in [2.05, 4.69) is 38.1 Å². The zero-order valence-corrected chi connectivity index (χ0v) is 18.0. The van der Waals surface area contributed by atoms with Crippen LogP contribution >= 0.6 is 8.58 Å². The Labute approximate surface area is 161 Å². The lowest BCUT2D eigenvalue weighted by atomic mass is 9.88. The highest BCUT2D eigenvalue weighted by Gasteiger charge is 2.33. The van der Waals surface area contributed by atoms with E-state index in [0.717, 1.165) is 27.3 Å². The fourth-order valence-corrected chi connectivity index (χ4v) is 4.48. The lowest BCUT2D eigenvalue weighted by Gasteiger charge is -2.27. The molecule has 0 aliphatic carbocycles. The molecule has 1 heterocycles. The number of hydrogen-bond donors (Lipinski definition) is 3. The molecule has 0 bridgehead atoms. The molecule has 152 valence electrons. The van der Waals surface area contributed by atoms with Crippen molar-refractivity contribution in [1.29, 1.82) is 0 Å². The fraction of sp³-hybridized carbons (Fsp3) is 0.895. The summed E-state index contributed by atoms with van der Waals surface area (Å²) in [7, 11) is 1.01. The number of amides is 2. The van der Waals surface area contributed by atoms with Crippen LogP contribution in [-0.4, -0.2) is 68.3 Å². The Morgan fingerprint density at radius 2 is 2.00 bits per heavy atom. The molecular weight excluding hydrogens is 347 g/mol. The van der Waals surface area contributed by atoms with Gasteiger partial charge in [-0.2, -0.15) is 0 Å². The largest absolute Gasteiger partial charge is 0.354 e. The van der Waals surface area contributed by atoms with Crippen LogP contribution in [0, 0.1) is 17.8 Å². The number of carbonyl (C=O) groups excluding carboxylic acids is 2. The quantitative estimate of drug-likeness (QED) is 0.348. The molecule has 0 aromatic carbocycles. The smallest absolute Gasteiger partial charge is 0.242 e. The van der Waals surface area contributed by atoms with E-state index >= 15 is 0 Å². The number of nitrogens with one attached hydrogen (secondary N) is 2. The molecule has 4 N–H and O–H groups in total. The molecule has 1 aliphatic heterocycles. The summed E-state index contributed by atoms with van der Waals surface area (Å²) in [5.74, 6) is 1.76. The molecule has 5 unspecified atom stereocenters. The molecule has 26 heavy (non-hydrogen) atoms. The van der Waals surface area contributed by atoms with Gasteiger partial charge < -0.3 is 21.3 Å². The van der Waals surface area contributed by atoms with Crippen LogP contribution in [0.1, 0.15) is 40.0 Å². The van der Waals surface area contributed by atoms with E-state index < -0.39 is 0 Å². The number of carbonyl (C=O) groups is 2. The second kappa shape index (κ2) is 12.6. The van der Waals surface area contributed by atoms with Crippen molar-refractivity contribution in [2.45, 2.75) is 46.1 Å². The van der Waals surface area contributed by atoms with Crippen LogP contribution in [0.5, 0.6) is 0 Å². The Morgan fingerprint density at radius 3 is 2.65 bits per heavy atom. The van der Waals surface area contributed by atoms with Crippen molar-refractivity contribution in [3.8, 4) is 0 Å². The first kappa shape index (κ1) is 23.3. The summed E-state index contributed by atoms with van der Waals surface area (Å²) >= 11 is 0. The third kappa shape index (κ3) is 7.89. The first-order chi connectivity index (χ1) is 12.4. The van der Waals surface area contributed by atoms with Crippen LogP contribution in [0.2, 0.25) is 0 Å². The lowest BCUT2D eigenvalue weighted by Crippen LogP contribution is -2.49. The standard InChI is InChI=1S/C19H39N4O2P/c1-14(13-26-4)10-15(2)16(3)11-22-19(25)17-6-5-9-23(17)18(24)12-21-8-7-20/h14-17,21,26H,5-13,20H2,1-4H3,(H,22,25). The van der Waals surface area contributed by atoms with Crippen LogP contribution in [0.4, 0.5) is 0 Å². The van der Waals surface area contributed by atoms with Crippen LogP contribution in [-0.2, 0) is 9.59 Å². The second-order valence-electron chi connectivity index (χ2n) is 7.81. The molecule has 1 saturated heterocycles. The lowest BCUT2D eigenvalue weighted by molar-refractivity contribution is -0.137. The van der Waals surface area contributed by atoms with Gasteiger partial charge in [-0.15, -0.1) is 8.58 Å². The Hall–Kier alpha value is -0.710. The predicted octanol–water partition coefficient (Wildman–Crippen LogP) is 1.25. The van der Waals surface area contributed by atoms with Gasteiger partial charge in [-0.3, -0.25) is 9.59 Å². The Kier molecular flexibility index (Phi) is 11.3. The first-order valence-corrected chi connectivity index (χ1v) is 11.7. The summed E-state index contributed by atoms with van der Waals surface area (Å²) in [5, 5.41) is 6.11. The molecule has 0 aromatic heterocycles. The van der Waals surface area contributed by atoms with Gasteiger partial charge in [0.05, 0.1) is 6.54 Å². The molecule has 1 rings (SSSR count). The number of likely N-dealkylation sites (tertiary alicyclic amines) is 1. The number of rotatable bonds is 12. The maximum atomic E-state index is 12.6. The molecule has 0 spiro atoms. The molecule has 0 saturated carbocycles. The van der Waals surface area contributed by atoms with E-state index in [0.29, 0.717) is 38.0 Å². The summed E-state index contributed by atoms with van der Waals surface area (Å²) in [4.78, 5) is 26.6. The number of nitrogens with two attached hydrogens (primary N) is 1. The van der Waals surface area contributed by atoms with Crippen molar-refractivity contribution in [3.05, 3.63) is 0 Å². The maximum absolute atomic E-state index is 12.6. The van der Waals surface area contributed by atoms with Gasteiger partial charge in [-0.25, -0.2) is 0 Å². The van der Waals surface area contributed by atoms with E-state index in [4.69, 9.17) is 5.73 Å². The SMILES string of the molecule is CPCC(C)CC(C)C(C)CNC(=O)C1CCCN1C(=O)CNCCN. The summed E-state index contributed by atoms with van der Waals surface area (Å²) in [6, 6.07) is -0.315. The normalized spacial score (nSPS) is 21.1. The average molecular weight is 387 g/mol. The minimum absolute atomic E-state index is 0.00295. The summed E-state index contributed by atoms with van der Waals surface area (Å²) in [6.07, 6.45) is 4.15. The van der Waals surface area contributed by atoms with Crippen LogP contribution in [0.15, 0.2) is 0 Å². The van der Waals surface area contributed by atoms with Crippen LogP contribution in [0.25, 0.3) is 0 Å². The summed E-state index contributed by atoms with van der Waals surface area (Å²) in [5.41, 5.74) is 5.43. The molecule has 5 atom stereocenters. The molecular formula is C19H39N4O2P. The Morgan fingerprint density at radius 1 is 1.27 bits per heavy atom. The zero-order chi connectivity index (χ0) is 19.5.